The number of nitrogen functional groups attached to an aromatic ring is 1. The maximum atomic E-state index is 5.67. The zero-order chi connectivity index (χ0) is 13.7. The second kappa shape index (κ2) is 6.51. The summed E-state index contributed by atoms with van der Waals surface area (Å²) < 4.78 is 5.39. The number of nitrogens with one attached hydrogen (secondary N) is 1. The van der Waals surface area contributed by atoms with Crippen LogP contribution in [0.15, 0.2) is 0 Å². The van der Waals surface area contributed by atoms with Crippen LogP contribution in [0.25, 0.3) is 0 Å². The van der Waals surface area contributed by atoms with Gasteiger partial charge in [-0.25, -0.2) is 0 Å². The molecule has 2 rings (SSSR count). The molecule has 0 amide bonds. The molecule has 2 heterocycles. The summed E-state index contributed by atoms with van der Waals surface area (Å²) >= 11 is 0. The van der Waals surface area contributed by atoms with Crippen molar-refractivity contribution in [2.45, 2.75) is 32.2 Å². The third-order valence-corrected chi connectivity index (χ3v) is 3.03. The van der Waals surface area contributed by atoms with E-state index in [1.54, 1.807) is 0 Å². The Hall–Kier alpha value is -1.63. The van der Waals surface area contributed by atoms with E-state index in [2.05, 4.69) is 32.2 Å². The molecule has 0 aliphatic carbocycles. The summed E-state index contributed by atoms with van der Waals surface area (Å²) in [6, 6.07) is 0.639. The van der Waals surface area contributed by atoms with E-state index in [0.717, 1.165) is 25.9 Å². The molecule has 1 atom stereocenters. The molecule has 1 aliphatic rings. The number of likely N-dealkylation sites (N-methyl/N-ethyl adjacent to an activating group) is 1. The first-order valence-electron chi connectivity index (χ1n) is 6.77. The molecule has 7 nitrogen and oxygen atoms in total. The summed E-state index contributed by atoms with van der Waals surface area (Å²) in [4.78, 5) is 14.6. The zero-order valence-corrected chi connectivity index (χ0v) is 11.6. The second-order valence-corrected chi connectivity index (χ2v) is 4.89. The third-order valence-electron chi connectivity index (χ3n) is 3.03. The molecule has 106 valence electrons. The van der Waals surface area contributed by atoms with E-state index >= 15 is 0 Å². The van der Waals surface area contributed by atoms with Crippen LogP contribution in [0.2, 0.25) is 0 Å². The highest BCUT2D eigenvalue weighted by molar-refractivity contribution is 5.33. The lowest BCUT2D eigenvalue weighted by molar-refractivity contribution is 0.260. The summed E-state index contributed by atoms with van der Waals surface area (Å²) in [5, 5.41) is 3.31. The molecule has 1 aromatic rings. The minimum absolute atomic E-state index is 0.188. The predicted molar refractivity (Wildman–Crippen MR) is 74.2 cm³/mol. The predicted octanol–water partition coefficient (Wildman–Crippen LogP) is 0.749. The Kier molecular flexibility index (Phi) is 4.73. The summed E-state index contributed by atoms with van der Waals surface area (Å²) in [5.74, 6) is 0.687. The summed E-state index contributed by atoms with van der Waals surface area (Å²) in [5.41, 5.74) is 5.67. The molecule has 3 N–H and O–H groups in total. The van der Waals surface area contributed by atoms with Crippen LogP contribution in [0.4, 0.5) is 11.9 Å². The Morgan fingerprint density at radius 1 is 1.42 bits per heavy atom. The Morgan fingerprint density at radius 3 is 3.00 bits per heavy atom. The van der Waals surface area contributed by atoms with E-state index in [-0.39, 0.29) is 5.95 Å². The van der Waals surface area contributed by atoms with Gasteiger partial charge in [-0.2, -0.15) is 15.0 Å². The van der Waals surface area contributed by atoms with E-state index in [1.165, 1.54) is 6.42 Å². The Balaban J connectivity index is 2.00. The van der Waals surface area contributed by atoms with E-state index in [0.29, 0.717) is 24.6 Å². The molecule has 0 radical (unpaired) electrons. The van der Waals surface area contributed by atoms with Crippen molar-refractivity contribution >= 4 is 11.9 Å². The highest BCUT2D eigenvalue weighted by Gasteiger charge is 2.18. The molecule has 1 aromatic heterocycles. The van der Waals surface area contributed by atoms with Crippen molar-refractivity contribution in [1.29, 1.82) is 0 Å². The van der Waals surface area contributed by atoms with Gasteiger partial charge in [-0.05, 0) is 32.9 Å². The first-order valence-corrected chi connectivity index (χ1v) is 6.77. The number of ether oxygens (including phenoxy) is 1. The fourth-order valence-electron chi connectivity index (χ4n) is 2.16. The van der Waals surface area contributed by atoms with Gasteiger partial charge in [-0.15, -0.1) is 0 Å². The summed E-state index contributed by atoms with van der Waals surface area (Å²) in [7, 11) is 2.12. The average molecular weight is 266 g/mol. The maximum absolute atomic E-state index is 5.67. The normalized spacial score (nSPS) is 20.2. The highest BCUT2D eigenvalue weighted by atomic mass is 16.5. The van der Waals surface area contributed by atoms with Gasteiger partial charge in [-0.3, -0.25) is 0 Å². The van der Waals surface area contributed by atoms with Crippen molar-refractivity contribution < 1.29 is 4.74 Å². The minimum atomic E-state index is 0.188. The lowest BCUT2D eigenvalue weighted by atomic mass is 10.1. The van der Waals surface area contributed by atoms with Gasteiger partial charge in [0.25, 0.3) is 0 Å². The summed E-state index contributed by atoms with van der Waals surface area (Å²) in [6.07, 6.45) is 3.19. The maximum Gasteiger partial charge on any atom is 0.323 e. The van der Waals surface area contributed by atoms with Crippen molar-refractivity contribution in [2.24, 2.45) is 0 Å². The topological polar surface area (TPSA) is 89.2 Å². The van der Waals surface area contributed by atoms with Crippen LogP contribution in [-0.4, -0.2) is 52.6 Å². The molecule has 7 heteroatoms. The Labute approximate surface area is 113 Å². The van der Waals surface area contributed by atoms with Gasteiger partial charge in [0.2, 0.25) is 11.9 Å². The van der Waals surface area contributed by atoms with Gasteiger partial charge in [0, 0.05) is 12.6 Å². The Morgan fingerprint density at radius 2 is 2.26 bits per heavy atom. The number of aromatic nitrogens is 3. The molecule has 0 aromatic carbocycles. The second-order valence-electron chi connectivity index (χ2n) is 4.89. The van der Waals surface area contributed by atoms with Crippen LogP contribution in [0.3, 0.4) is 0 Å². The van der Waals surface area contributed by atoms with Gasteiger partial charge >= 0.3 is 6.01 Å². The molecule has 1 saturated heterocycles. The smallest absolute Gasteiger partial charge is 0.323 e. The van der Waals surface area contributed by atoms with Crippen LogP contribution in [0.5, 0.6) is 6.01 Å². The highest BCUT2D eigenvalue weighted by Crippen LogP contribution is 2.15. The van der Waals surface area contributed by atoms with Gasteiger partial charge in [0.15, 0.2) is 0 Å². The molecule has 0 bridgehead atoms. The van der Waals surface area contributed by atoms with Gasteiger partial charge in [-0.1, -0.05) is 6.92 Å². The van der Waals surface area contributed by atoms with Crippen LogP contribution in [0, 0.1) is 0 Å². The van der Waals surface area contributed by atoms with Gasteiger partial charge in [0.1, 0.15) is 0 Å². The fraction of sp³-hybridized carbons (Fsp3) is 0.750. The number of likely N-dealkylation sites (tertiary alicyclic amines) is 1. The number of hydrogen-bond donors (Lipinski definition) is 2. The molecule has 1 aliphatic heterocycles. The number of piperidine rings is 1. The van der Waals surface area contributed by atoms with Gasteiger partial charge < -0.3 is 20.7 Å². The number of rotatable bonds is 5. The first kappa shape index (κ1) is 13.8. The molecular formula is C12H22N6O. The molecular weight excluding hydrogens is 244 g/mol. The summed E-state index contributed by atoms with van der Waals surface area (Å²) in [6.45, 7) is 4.73. The molecule has 1 unspecified atom stereocenters. The average Bonchev–Trinajstić information content (AvgIpc) is 2.35. The van der Waals surface area contributed by atoms with E-state index in [1.807, 2.05) is 6.92 Å². The standard InChI is InChI=1S/C12H22N6O/c1-3-7-19-12-16-10(13)15-11(17-12)14-9-5-4-6-18(2)8-9/h9H,3-8H2,1-2H3,(H3,13,14,15,16,17). The number of hydrogen-bond acceptors (Lipinski definition) is 7. The van der Waals surface area contributed by atoms with Crippen LogP contribution < -0.4 is 15.8 Å². The molecule has 19 heavy (non-hydrogen) atoms. The lowest BCUT2D eigenvalue weighted by Crippen LogP contribution is -2.40. The SMILES string of the molecule is CCCOc1nc(N)nc(NC2CCCN(C)C2)n1. The van der Waals surface area contributed by atoms with Gasteiger partial charge in [0.05, 0.1) is 6.61 Å². The van der Waals surface area contributed by atoms with Crippen LogP contribution >= 0.6 is 0 Å². The van der Waals surface area contributed by atoms with Crippen molar-refractivity contribution in [3.8, 4) is 6.01 Å². The van der Waals surface area contributed by atoms with Crippen LogP contribution in [-0.2, 0) is 0 Å². The lowest BCUT2D eigenvalue weighted by Gasteiger charge is -2.30. The fourth-order valence-corrected chi connectivity index (χ4v) is 2.16. The van der Waals surface area contributed by atoms with Crippen molar-refractivity contribution in [2.75, 3.05) is 37.8 Å². The molecule has 0 spiro atoms. The first-order chi connectivity index (χ1) is 9.17. The van der Waals surface area contributed by atoms with Crippen molar-refractivity contribution in [3.63, 3.8) is 0 Å². The number of nitrogens with two attached hydrogens (primary N) is 1. The van der Waals surface area contributed by atoms with Crippen molar-refractivity contribution in [1.82, 2.24) is 19.9 Å². The van der Waals surface area contributed by atoms with Crippen LogP contribution in [0.1, 0.15) is 26.2 Å². The molecule has 1 fully saturated rings. The third kappa shape index (κ3) is 4.20. The Bertz CT molecular complexity index is 413. The monoisotopic (exact) mass is 266 g/mol. The number of anilines is 2. The molecule has 0 saturated carbocycles. The van der Waals surface area contributed by atoms with E-state index < -0.39 is 0 Å². The quantitative estimate of drug-likeness (QED) is 0.812. The van der Waals surface area contributed by atoms with E-state index in [4.69, 9.17) is 10.5 Å². The minimum Gasteiger partial charge on any atom is -0.463 e. The number of nitrogens with zero attached hydrogens (tertiary/aromatic N) is 4. The van der Waals surface area contributed by atoms with E-state index in [9.17, 15) is 0 Å². The zero-order valence-electron chi connectivity index (χ0n) is 11.6. The largest absolute Gasteiger partial charge is 0.463 e. The van der Waals surface area contributed by atoms with Crippen molar-refractivity contribution in [3.05, 3.63) is 0 Å².